The molecule has 0 spiro atoms. The Hall–Kier alpha value is -4.12. The van der Waals surface area contributed by atoms with Crippen molar-refractivity contribution in [3.63, 3.8) is 0 Å². The molecule has 4 amide bonds. The number of rotatable bonds is 18. The lowest BCUT2D eigenvalue weighted by Gasteiger charge is -2.38. The number of nitrogens with one attached hydrogen (secondary N) is 3. The molecule has 3 heterocycles. The molecule has 1 aromatic carbocycles. The van der Waals surface area contributed by atoms with E-state index in [0.29, 0.717) is 24.9 Å². The van der Waals surface area contributed by atoms with Crippen molar-refractivity contribution in [1.82, 2.24) is 30.8 Å². The Morgan fingerprint density at radius 3 is 2.33 bits per heavy atom. The molecule has 1 aromatic heterocycles. The van der Waals surface area contributed by atoms with Crippen molar-refractivity contribution < 1.29 is 43.6 Å². The zero-order chi connectivity index (χ0) is 35.2. The van der Waals surface area contributed by atoms with Gasteiger partial charge in [0, 0.05) is 70.4 Å². The van der Waals surface area contributed by atoms with Gasteiger partial charge in [-0.2, -0.15) is 0 Å². The number of amides is 4. The minimum atomic E-state index is -1.55. The number of halogens is 1. The second-order valence-corrected chi connectivity index (χ2v) is 12.6. The van der Waals surface area contributed by atoms with Gasteiger partial charge in [-0.3, -0.25) is 9.59 Å². The maximum atomic E-state index is 14.8. The normalized spacial score (nSPS) is 15.4. The quantitative estimate of drug-likeness (QED) is 0.115. The van der Waals surface area contributed by atoms with Gasteiger partial charge in [-0.1, -0.05) is 6.07 Å². The van der Waals surface area contributed by atoms with Gasteiger partial charge in [0.1, 0.15) is 17.1 Å². The van der Waals surface area contributed by atoms with Crippen LogP contribution in [0.3, 0.4) is 0 Å². The highest BCUT2D eigenvalue weighted by Gasteiger charge is 2.35. The van der Waals surface area contributed by atoms with Crippen LogP contribution < -0.4 is 25.6 Å². The van der Waals surface area contributed by atoms with E-state index in [4.69, 9.17) is 9.47 Å². The number of methoxy groups -OCH3 is 1. The largest absolute Gasteiger partial charge is 0.493 e. The van der Waals surface area contributed by atoms with Gasteiger partial charge in [0.25, 0.3) is 0 Å². The third-order valence-electron chi connectivity index (χ3n) is 8.89. The van der Waals surface area contributed by atoms with Gasteiger partial charge in [-0.05, 0) is 43.2 Å². The lowest BCUT2D eigenvalue weighted by molar-refractivity contribution is -0.142. The van der Waals surface area contributed by atoms with Crippen LogP contribution in [0.4, 0.5) is 15.1 Å². The maximum absolute atomic E-state index is 14.8. The molecule has 4 rings (SSSR count). The van der Waals surface area contributed by atoms with Crippen LogP contribution in [0.1, 0.15) is 36.8 Å². The SMILES string of the molecule is COCc1cnc(N2CCC(CCCOc3ccc(CC(=O)N4CC(C(=O)NCCNC(=O)NC(CO)(CO)CO)C4)c(F)c3)CC2)nc1. The highest BCUT2D eigenvalue weighted by atomic mass is 19.1. The monoisotopic (exact) mass is 689 g/mol. The molecule has 6 N–H and O–H groups in total. The fourth-order valence-corrected chi connectivity index (χ4v) is 5.68. The van der Waals surface area contributed by atoms with Crippen LogP contribution in [0.5, 0.6) is 5.75 Å². The van der Waals surface area contributed by atoms with Crippen LogP contribution in [0, 0.1) is 17.7 Å². The van der Waals surface area contributed by atoms with E-state index in [0.717, 1.165) is 50.3 Å². The molecule has 0 atom stereocenters. The Labute approximate surface area is 285 Å². The number of urea groups is 1. The fourth-order valence-electron chi connectivity index (χ4n) is 5.68. The van der Waals surface area contributed by atoms with Crippen LogP contribution in [0.25, 0.3) is 0 Å². The minimum Gasteiger partial charge on any atom is -0.493 e. The second-order valence-electron chi connectivity index (χ2n) is 12.6. The van der Waals surface area contributed by atoms with Crippen LogP contribution >= 0.6 is 0 Å². The molecule has 0 aliphatic carbocycles. The molecule has 0 saturated carbocycles. The Bertz CT molecular complexity index is 1360. The zero-order valence-electron chi connectivity index (χ0n) is 27.9. The summed E-state index contributed by atoms with van der Waals surface area (Å²) in [6, 6.07) is 3.80. The molecule has 15 nitrogen and oxygen atoms in total. The molecular weight excluding hydrogens is 641 g/mol. The second kappa shape index (κ2) is 18.6. The van der Waals surface area contributed by atoms with Gasteiger partial charge in [-0.15, -0.1) is 0 Å². The number of anilines is 1. The number of ether oxygens (including phenoxy) is 2. The Balaban J connectivity index is 1.07. The predicted molar refractivity (Wildman–Crippen MR) is 176 cm³/mol. The van der Waals surface area contributed by atoms with E-state index >= 15 is 0 Å². The van der Waals surface area contributed by atoms with Crippen LogP contribution in [0.15, 0.2) is 30.6 Å². The van der Waals surface area contributed by atoms with Crippen molar-refractivity contribution in [2.75, 3.05) is 77.7 Å². The number of hydrogen-bond acceptors (Lipinski definition) is 11. The maximum Gasteiger partial charge on any atom is 0.315 e. The molecule has 2 aromatic rings. The molecule has 2 fully saturated rings. The average molecular weight is 690 g/mol. The first-order valence-electron chi connectivity index (χ1n) is 16.6. The van der Waals surface area contributed by atoms with Crippen molar-refractivity contribution in [3.8, 4) is 5.75 Å². The summed E-state index contributed by atoms with van der Waals surface area (Å²) in [5.74, 6) is 0.254. The summed E-state index contributed by atoms with van der Waals surface area (Å²) in [6.45, 7) is 1.40. The standard InChI is InChI=1S/C33H48FN7O8/c1-48-19-24-15-37-31(38-16-24)40-10-6-23(7-11-40)3-2-12-49-27-5-4-25(28(34)14-27)13-29(45)41-17-26(18-41)30(46)35-8-9-36-32(47)39-33(20-42,21-43)22-44/h4-5,14-16,23,26,42-44H,2-3,6-13,17-22H2,1H3,(H,35,46)(H2,36,39,47). The van der Waals surface area contributed by atoms with Crippen molar-refractivity contribution in [1.29, 1.82) is 0 Å². The molecule has 2 aliphatic rings. The molecule has 0 radical (unpaired) electrons. The molecule has 16 heteroatoms. The van der Waals surface area contributed by atoms with E-state index in [-0.39, 0.29) is 50.0 Å². The topological polar surface area (TPSA) is 199 Å². The van der Waals surface area contributed by atoms with E-state index in [2.05, 4.69) is 30.8 Å². The lowest BCUT2D eigenvalue weighted by Crippen LogP contribution is -2.60. The summed E-state index contributed by atoms with van der Waals surface area (Å²) in [6.07, 6.45) is 7.44. The Morgan fingerprint density at radius 1 is 1.02 bits per heavy atom. The number of benzene rings is 1. The number of aromatic nitrogens is 2. The molecule has 270 valence electrons. The summed E-state index contributed by atoms with van der Waals surface area (Å²) >= 11 is 0. The van der Waals surface area contributed by atoms with E-state index in [1.165, 1.54) is 11.0 Å². The third-order valence-corrected chi connectivity index (χ3v) is 8.89. The van der Waals surface area contributed by atoms with Crippen molar-refractivity contribution in [2.45, 2.75) is 44.2 Å². The van der Waals surface area contributed by atoms with Gasteiger partial charge in [-0.25, -0.2) is 19.2 Å². The van der Waals surface area contributed by atoms with Gasteiger partial charge in [0.05, 0.1) is 45.4 Å². The smallest absolute Gasteiger partial charge is 0.315 e. The summed E-state index contributed by atoms with van der Waals surface area (Å²) in [7, 11) is 1.64. The molecule has 2 aliphatic heterocycles. The van der Waals surface area contributed by atoms with Crippen molar-refractivity contribution >= 4 is 23.8 Å². The first-order chi connectivity index (χ1) is 23.7. The van der Waals surface area contributed by atoms with E-state index in [1.54, 1.807) is 31.6 Å². The van der Waals surface area contributed by atoms with Crippen LogP contribution in [-0.4, -0.2) is 126 Å². The highest BCUT2D eigenvalue weighted by molar-refractivity contribution is 5.85. The number of carbonyl (C=O) groups is 3. The van der Waals surface area contributed by atoms with Crippen molar-refractivity contribution in [2.24, 2.45) is 11.8 Å². The molecule has 0 bridgehead atoms. The van der Waals surface area contributed by atoms with E-state index < -0.39 is 43.1 Å². The molecule has 2 saturated heterocycles. The number of aliphatic hydroxyl groups excluding tert-OH is 3. The number of piperidine rings is 1. The Kier molecular flexibility index (Phi) is 14.3. The van der Waals surface area contributed by atoms with E-state index in [1.807, 2.05) is 0 Å². The molecule has 0 unspecified atom stereocenters. The van der Waals surface area contributed by atoms with Crippen molar-refractivity contribution in [3.05, 3.63) is 47.5 Å². The van der Waals surface area contributed by atoms with E-state index in [9.17, 15) is 34.1 Å². The Morgan fingerprint density at radius 2 is 1.69 bits per heavy atom. The van der Waals surface area contributed by atoms with Crippen LogP contribution in [-0.2, 0) is 27.4 Å². The van der Waals surface area contributed by atoms with Gasteiger partial charge < -0.3 is 50.5 Å². The minimum absolute atomic E-state index is 0.0617. The number of hydrogen-bond donors (Lipinski definition) is 6. The summed E-state index contributed by atoms with van der Waals surface area (Å²) in [5.41, 5.74) is -0.351. The number of nitrogens with zero attached hydrogens (tertiary/aromatic N) is 4. The first kappa shape index (κ1) is 37.7. The molecule has 49 heavy (non-hydrogen) atoms. The fraction of sp³-hybridized carbons (Fsp3) is 0.606. The summed E-state index contributed by atoms with van der Waals surface area (Å²) in [5, 5.41) is 35.2. The first-order valence-corrected chi connectivity index (χ1v) is 16.6. The van der Waals surface area contributed by atoms with Gasteiger partial charge in [0.2, 0.25) is 17.8 Å². The summed E-state index contributed by atoms with van der Waals surface area (Å²) in [4.78, 5) is 49.6. The zero-order valence-corrected chi connectivity index (χ0v) is 27.9. The van der Waals surface area contributed by atoms with Crippen LogP contribution in [0.2, 0.25) is 0 Å². The highest BCUT2D eigenvalue weighted by Crippen LogP contribution is 2.25. The predicted octanol–water partition coefficient (Wildman–Crippen LogP) is -0.0303. The van der Waals surface area contributed by atoms with Gasteiger partial charge >= 0.3 is 6.03 Å². The lowest BCUT2D eigenvalue weighted by atomic mass is 9.92. The number of aliphatic hydroxyl groups is 3. The third kappa shape index (κ3) is 10.9. The van der Waals surface area contributed by atoms with Gasteiger partial charge in [0.15, 0.2) is 0 Å². The summed E-state index contributed by atoms with van der Waals surface area (Å²) < 4.78 is 25.7. The molecular formula is C33H48FN7O8. The number of carbonyl (C=O) groups excluding carboxylic acids is 3. The number of likely N-dealkylation sites (tertiary alicyclic amines) is 1. The average Bonchev–Trinajstić information content (AvgIpc) is 3.09.